The normalized spacial score (nSPS) is 15.3. The molecular formula is C11H18N2O3S2. The molecule has 1 aromatic rings. The summed E-state index contributed by atoms with van der Waals surface area (Å²) >= 11 is 0. The number of benzene rings is 1. The van der Waals surface area contributed by atoms with Crippen molar-refractivity contribution in [1.82, 2.24) is 4.72 Å². The highest BCUT2D eigenvalue weighted by Gasteiger charge is 2.16. The highest BCUT2D eigenvalue weighted by molar-refractivity contribution is 7.89. The van der Waals surface area contributed by atoms with Gasteiger partial charge in [-0.1, -0.05) is 0 Å². The van der Waals surface area contributed by atoms with Gasteiger partial charge in [0, 0.05) is 34.5 Å². The number of aryl methyl sites for hydroxylation is 1. The van der Waals surface area contributed by atoms with Crippen LogP contribution in [0.4, 0.5) is 5.69 Å². The molecule has 0 aliphatic heterocycles. The van der Waals surface area contributed by atoms with Gasteiger partial charge in [0.15, 0.2) is 0 Å². The number of sulfonamides is 1. The van der Waals surface area contributed by atoms with Gasteiger partial charge >= 0.3 is 0 Å². The summed E-state index contributed by atoms with van der Waals surface area (Å²) in [4.78, 5) is 0.170. The van der Waals surface area contributed by atoms with Gasteiger partial charge in [-0.25, -0.2) is 13.1 Å². The Morgan fingerprint density at radius 2 is 2.06 bits per heavy atom. The zero-order chi connectivity index (χ0) is 13.9. The fourth-order valence-electron chi connectivity index (χ4n) is 1.24. The van der Waals surface area contributed by atoms with Crippen molar-refractivity contribution in [3.63, 3.8) is 0 Å². The van der Waals surface area contributed by atoms with Crippen molar-refractivity contribution in [2.45, 2.75) is 24.0 Å². The Hall–Kier alpha value is -0.920. The van der Waals surface area contributed by atoms with Gasteiger partial charge in [-0.05, 0) is 37.6 Å². The molecule has 1 rings (SSSR count). The summed E-state index contributed by atoms with van der Waals surface area (Å²) in [5.41, 5.74) is 6.90. The van der Waals surface area contributed by atoms with E-state index in [9.17, 15) is 12.6 Å². The molecule has 18 heavy (non-hydrogen) atoms. The van der Waals surface area contributed by atoms with Crippen LogP contribution in [0.1, 0.15) is 12.5 Å². The van der Waals surface area contributed by atoms with Crippen LogP contribution >= 0.6 is 0 Å². The lowest BCUT2D eigenvalue weighted by molar-refractivity contribution is 0.580. The van der Waals surface area contributed by atoms with Crippen LogP contribution in [0.3, 0.4) is 0 Å². The lowest BCUT2D eigenvalue weighted by atomic mass is 10.2. The third-order valence-corrected chi connectivity index (χ3v) is 5.40. The minimum absolute atomic E-state index is 0.148. The predicted octanol–water partition coefficient (Wildman–Crippen LogP) is 0.623. The van der Waals surface area contributed by atoms with Crippen LogP contribution in [-0.4, -0.2) is 30.7 Å². The standard InChI is InChI=1S/C11H18N2O3S2/c1-8-6-10(4-5-11(8)12)18(15,16)13-7-9(2)17(3)14/h4-6,9,13H,7,12H2,1-3H3. The molecule has 0 aliphatic carbocycles. The van der Waals surface area contributed by atoms with Crippen LogP contribution in [0.15, 0.2) is 23.1 Å². The minimum Gasteiger partial charge on any atom is -0.399 e. The molecule has 5 nitrogen and oxygen atoms in total. The van der Waals surface area contributed by atoms with E-state index in [0.717, 1.165) is 0 Å². The summed E-state index contributed by atoms with van der Waals surface area (Å²) in [5, 5.41) is -0.227. The lowest BCUT2D eigenvalue weighted by Crippen LogP contribution is -2.32. The molecular weight excluding hydrogens is 272 g/mol. The third kappa shape index (κ3) is 3.79. The van der Waals surface area contributed by atoms with Crippen LogP contribution in [0, 0.1) is 6.92 Å². The Kier molecular flexibility index (Phi) is 4.89. The quantitative estimate of drug-likeness (QED) is 0.778. The van der Waals surface area contributed by atoms with Crippen molar-refractivity contribution < 1.29 is 12.6 Å². The molecule has 0 aromatic heterocycles. The number of hydrogen-bond acceptors (Lipinski definition) is 4. The average Bonchev–Trinajstić information content (AvgIpc) is 2.29. The molecule has 2 atom stereocenters. The van der Waals surface area contributed by atoms with E-state index in [1.54, 1.807) is 26.2 Å². The molecule has 7 heteroatoms. The van der Waals surface area contributed by atoms with E-state index in [-0.39, 0.29) is 16.7 Å². The molecule has 102 valence electrons. The summed E-state index contributed by atoms with van der Waals surface area (Å²) in [6.07, 6.45) is 1.55. The molecule has 0 spiro atoms. The largest absolute Gasteiger partial charge is 0.399 e. The SMILES string of the molecule is Cc1cc(S(=O)(=O)NCC(C)S(C)=O)ccc1N. The maximum absolute atomic E-state index is 12.0. The monoisotopic (exact) mass is 290 g/mol. The fourth-order valence-corrected chi connectivity index (χ4v) is 2.88. The molecule has 3 N–H and O–H groups in total. The van der Waals surface area contributed by atoms with Crippen LogP contribution in [0.2, 0.25) is 0 Å². The van der Waals surface area contributed by atoms with Gasteiger partial charge < -0.3 is 5.73 Å². The Morgan fingerprint density at radius 3 is 2.56 bits per heavy atom. The molecule has 0 amide bonds. The second kappa shape index (κ2) is 5.81. The van der Waals surface area contributed by atoms with E-state index in [2.05, 4.69) is 4.72 Å². The fraction of sp³-hybridized carbons (Fsp3) is 0.455. The van der Waals surface area contributed by atoms with Gasteiger partial charge in [-0.2, -0.15) is 0 Å². The van der Waals surface area contributed by atoms with Crippen molar-refractivity contribution >= 4 is 26.5 Å². The van der Waals surface area contributed by atoms with Crippen molar-refractivity contribution in [1.29, 1.82) is 0 Å². The average molecular weight is 290 g/mol. The maximum atomic E-state index is 12.0. The Labute approximate surface area is 110 Å². The number of nitrogens with two attached hydrogens (primary N) is 1. The van der Waals surface area contributed by atoms with Crippen molar-refractivity contribution in [2.75, 3.05) is 18.5 Å². The van der Waals surface area contributed by atoms with Crippen LogP contribution in [0.5, 0.6) is 0 Å². The molecule has 0 fully saturated rings. The van der Waals surface area contributed by atoms with Gasteiger partial charge in [0.2, 0.25) is 10.0 Å². The molecule has 2 unspecified atom stereocenters. The van der Waals surface area contributed by atoms with E-state index in [0.29, 0.717) is 11.3 Å². The van der Waals surface area contributed by atoms with E-state index < -0.39 is 20.8 Å². The summed E-state index contributed by atoms with van der Waals surface area (Å²) in [5.74, 6) is 0. The first-order chi connectivity index (χ1) is 8.24. The lowest BCUT2D eigenvalue weighted by Gasteiger charge is -2.11. The van der Waals surface area contributed by atoms with Gasteiger partial charge in [0.05, 0.1) is 4.90 Å². The molecule has 0 aliphatic rings. The van der Waals surface area contributed by atoms with E-state index in [4.69, 9.17) is 5.73 Å². The summed E-state index contributed by atoms with van der Waals surface area (Å²) < 4.78 is 37.5. The first-order valence-electron chi connectivity index (χ1n) is 5.42. The number of rotatable bonds is 5. The Bertz CT molecular complexity index is 555. The minimum atomic E-state index is -3.57. The third-order valence-electron chi connectivity index (χ3n) is 2.68. The molecule has 0 saturated heterocycles. The molecule has 0 bridgehead atoms. The zero-order valence-corrected chi connectivity index (χ0v) is 12.3. The smallest absolute Gasteiger partial charge is 0.240 e. The van der Waals surface area contributed by atoms with E-state index in [1.807, 2.05) is 0 Å². The predicted molar refractivity (Wildman–Crippen MR) is 74.3 cm³/mol. The number of nitrogens with one attached hydrogen (secondary N) is 1. The second-order valence-electron chi connectivity index (χ2n) is 4.18. The van der Waals surface area contributed by atoms with Crippen molar-refractivity contribution in [3.05, 3.63) is 23.8 Å². The Morgan fingerprint density at radius 1 is 1.44 bits per heavy atom. The number of anilines is 1. The van der Waals surface area contributed by atoms with Crippen molar-refractivity contribution in [3.8, 4) is 0 Å². The van der Waals surface area contributed by atoms with E-state index >= 15 is 0 Å². The highest BCUT2D eigenvalue weighted by atomic mass is 32.2. The summed E-state index contributed by atoms with van der Waals surface area (Å²) in [6, 6.07) is 4.54. The van der Waals surface area contributed by atoms with Crippen molar-refractivity contribution in [2.24, 2.45) is 0 Å². The molecule has 0 heterocycles. The number of hydrogen-bond donors (Lipinski definition) is 2. The topological polar surface area (TPSA) is 89.3 Å². The second-order valence-corrected chi connectivity index (χ2v) is 7.75. The Balaban J connectivity index is 2.87. The van der Waals surface area contributed by atoms with Crippen LogP contribution in [-0.2, 0) is 20.8 Å². The summed E-state index contributed by atoms with van der Waals surface area (Å²) in [7, 11) is -4.62. The van der Waals surface area contributed by atoms with Gasteiger partial charge in [0.25, 0.3) is 0 Å². The maximum Gasteiger partial charge on any atom is 0.240 e. The number of nitrogen functional groups attached to an aromatic ring is 1. The van der Waals surface area contributed by atoms with Gasteiger partial charge in [-0.3, -0.25) is 4.21 Å². The first kappa shape index (κ1) is 15.1. The highest BCUT2D eigenvalue weighted by Crippen LogP contribution is 2.16. The van der Waals surface area contributed by atoms with Gasteiger partial charge in [0.1, 0.15) is 0 Å². The first-order valence-corrected chi connectivity index (χ1v) is 8.52. The van der Waals surface area contributed by atoms with Crippen LogP contribution < -0.4 is 10.5 Å². The molecule has 1 aromatic carbocycles. The van der Waals surface area contributed by atoms with Crippen LogP contribution in [0.25, 0.3) is 0 Å². The van der Waals surface area contributed by atoms with E-state index in [1.165, 1.54) is 12.1 Å². The zero-order valence-electron chi connectivity index (χ0n) is 10.6. The molecule has 0 saturated carbocycles. The molecule has 0 radical (unpaired) electrons. The van der Waals surface area contributed by atoms with Gasteiger partial charge in [-0.15, -0.1) is 0 Å². The summed E-state index contributed by atoms with van der Waals surface area (Å²) in [6.45, 7) is 3.62.